The van der Waals surface area contributed by atoms with Crippen LogP contribution in [-0.4, -0.2) is 48.6 Å². The maximum absolute atomic E-state index is 13.0. The number of pyridine rings is 1. The van der Waals surface area contributed by atoms with Gasteiger partial charge in [0.2, 0.25) is 5.91 Å². The molecule has 5 N–H and O–H groups in total. The summed E-state index contributed by atoms with van der Waals surface area (Å²) in [7, 11) is 0. The van der Waals surface area contributed by atoms with Crippen LogP contribution in [0.25, 0.3) is 5.57 Å². The first-order valence-corrected chi connectivity index (χ1v) is 12.6. The zero-order valence-corrected chi connectivity index (χ0v) is 20.8. The minimum absolute atomic E-state index is 0.0212. The second-order valence-electron chi connectivity index (χ2n) is 9.59. The van der Waals surface area contributed by atoms with Gasteiger partial charge in [-0.2, -0.15) is 5.26 Å². The van der Waals surface area contributed by atoms with E-state index in [-0.39, 0.29) is 11.8 Å². The number of unbranched alkanes of at least 4 members (excludes halogenated alkanes) is 1. The molecular formula is C28H33N7O2. The molecule has 1 aromatic heterocycles. The number of aldehydes is 1. The van der Waals surface area contributed by atoms with Gasteiger partial charge < -0.3 is 26.5 Å². The Bertz CT molecular complexity index is 1230. The molecule has 4 rings (SSSR count). The molecule has 1 unspecified atom stereocenters. The topological polar surface area (TPSA) is 150 Å². The molecule has 37 heavy (non-hydrogen) atoms. The Kier molecular flexibility index (Phi) is 8.31. The highest BCUT2D eigenvalue weighted by atomic mass is 16.2. The molecule has 2 atom stereocenters. The highest BCUT2D eigenvalue weighted by Gasteiger charge is 2.53. The molecule has 192 valence electrons. The van der Waals surface area contributed by atoms with Crippen LogP contribution < -0.4 is 21.7 Å². The molecule has 1 aromatic carbocycles. The van der Waals surface area contributed by atoms with Gasteiger partial charge in [0, 0.05) is 62.0 Å². The number of allylic oxidation sites excluding steroid dienone is 1. The Labute approximate surface area is 217 Å². The lowest BCUT2D eigenvalue weighted by Crippen LogP contribution is -2.50. The van der Waals surface area contributed by atoms with Crippen molar-refractivity contribution in [2.75, 3.05) is 29.9 Å². The van der Waals surface area contributed by atoms with E-state index >= 15 is 0 Å². The molecule has 2 aliphatic rings. The Morgan fingerprint density at radius 1 is 1.35 bits per heavy atom. The van der Waals surface area contributed by atoms with Crippen LogP contribution in [0.1, 0.15) is 49.1 Å². The van der Waals surface area contributed by atoms with E-state index in [1.165, 1.54) is 6.20 Å². The molecule has 9 heteroatoms. The third-order valence-electron chi connectivity index (χ3n) is 7.05. The van der Waals surface area contributed by atoms with E-state index in [0.29, 0.717) is 44.7 Å². The zero-order valence-electron chi connectivity index (χ0n) is 20.8. The normalized spacial score (nSPS) is 20.7. The number of nitrogens with two attached hydrogens (primary N) is 2. The summed E-state index contributed by atoms with van der Waals surface area (Å²) in [6.07, 6.45) is 9.59. The van der Waals surface area contributed by atoms with Crippen molar-refractivity contribution in [2.45, 2.75) is 43.6 Å². The minimum atomic E-state index is -0.747. The summed E-state index contributed by atoms with van der Waals surface area (Å²) in [5, 5.41) is 11.9. The second-order valence-corrected chi connectivity index (χ2v) is 9.59. The average molecular weight is 500 g/mol. The lowest BCUT2D eigenvalue weighted by atomic mass is 9.93. The molecule has 2 fully saturated rings. The molecule has 1 amide bonds. The fraction of sp³-hybridized carbons (Fsp3) is 0.393. The average Bonchev–Trinajstić information content (AvgIpc) is 3.73. The van der Waals surface area contributed by atoms with Gasteiger partial charge in [-0.3, -0.25) is 9.79 Å². The highest BCUT2D eigenvalue weighted by molar-refractivity contribution is 6.09. The smallest absolute Gasteiger partial charge is 0.247 e. The first-order chi connectivity index (χ1) is 18.0. The predicted octanol–water partition coefficient (Wildman–Crippen LogP) is 2.99. The maximum Gasteiger partial charge on any atom is 0.247 e. The van der Waals surface area contributed by atoms with E-state index in [1.54, 1.807) is 17.3 Å². The van der Waals surface area contributed by atoms with Gasteiger partial charge in [-0.1, -0.05) is 24.3 Å². The summed E-state index contributed by atoms with van der Waals surface area (Å²) >= 11 is 0. The summed E-state index contributed by atoms with van der Waals surface area (Å²) in [5.74, 6) is 0.434. The van der Waals surface area contributed by atoms with Crippen molar-refractivity contribution in [3.8, 4) is 6.07 Å². The molecule has 1 saturated carbocycles. The number of aliphatic imine (C=N–C) groups is 1. The first kappa shape index (κ1) is 26.0. The lowest BCUT2D eigenvalue weighted by molar-refractivity contribution is -0.122. The molecule has 2 heterocycles. The standard InChI is InChI=1S/C28H33N7O2/c29-10-1-2-11-32-17-22(16-30)20-4-3-5-21(14-20)23(19-36)18-34-26-15-25(8-12-33-26)35-13-9-28(31,27(35)37)24-6-7-24/h3-5,8,12,14-17,19,23-24H,1-2,6-7,9,11,13,18,30-31H2,(H,33,34)/t23?,28-/m1/s1. The van der Waals surface area contributed by atoms with Crippen LogP contribution in [0.15, 0.2) is 53.8 Å². The summed E-state index contributed by atoms with van der Waals surface area (Å²) in [6.45, 7) is 1.48. The molecule has 1 aliphatic carbocycles. The summed E-state index contributed by atoms with van der Waals surface area (Å²) < 4.78 is 0. The molecule has 1 aliphatic heterocycles. The maximum atomic E-state index is 13.0. The van der Waals surface area contributed by atoms with Crippen LogP contribution in [0.5, 0.6) is 0 Å². The van der Waals surface area contributed by atoms with Crippen molar-refractivity contribution in [1.82, 2.24) is 4.98 Å². The van der Waals surface area contributed by atoms with Crippen molar-refractivity contribution in [3.05, 3.63) is 59.9 Å². The Morgan fingerprint density at radius 3 is 2.92 bits per heavy atom. The number of aromatic nitrogens is 1. The number of nitrogens with zero attached hydrogens (tertiary/aromatic N) is 4. The first-order valence-electron chi connectivity index (χ1n) is 12.6. The number of hydrogen-bond donors (Lipinski definition) is 3. The molecular weight excluding hydrogens is 466 g/mol. The second kappa shape index (κ2) is 11.8. The zero-order chi connectivity index (χ0) is 26.3. The predicted molar refractivity (Wildman–Crippen MR) is 145 cm³/mol. The third kappa shape index (κ3) is 6.04. The molecule has 1 saturated heterocycles. The van der Waals surface area contributed by atoms with Crippen molar-refractivity contribution in [3.63, 3.8) is 0 Å². The SMILES string of the molecule is N#CCCCN=CC(=CN)c1cccc(C(C=O)CNc2cc(N3CC[C@@](N)(C4CC4)C3=O)ccn2)c1. The largest absolute Gasteiger partial charge is 0.404 e. The Morgan fingerprint density at radius 2 is 2.19 bits per heavy atom. The highest BCUT2D eigenvalue weighted by Crippen LogP contribution is 2.44. The van der Waals surface area contributed by atoms with E-state index < -0.39 is 11.5 Å². The van der Waals surface area contributed by atoms with E-state index in [9.17, 15) is 9.59 Å². The van der Waals surface area contributed by atoms with Crippen molar-refractivity contribution in [1.29, 1.82) is 5.26 Å². The fourth-order valence-electron chi connectivity index (χ4n) is 4.70. The quantitative estimate of drug-likeness (QED) is 0.231. The van der Waals surface area contributed by atoms with Crippen LogP contribution in [0.4, 0.5) is 11.5 Å². The number of carbonyl (C=O) groups excluding carboxylic acids is 2. The van der Waals surface area contributed by atoms with Crippen molar-refractivity contribution >= 4 is 35.5 Å². The van der Waals surface area contributed by atoms with Gasteiger partial charge >= 0.3 is 0 Å². The monoisotopic (exact) mass is 499 g/mol. The van der Waals surface area contributed by atoms with Crippen LogP contribution in [0.3, 0.4) is 0 Å². The minimum Gasteiger partial charge on any atom is -0.404 e. The molecule has 0 radical (unpaired) electrons. The van der Waals surface area contributed by atoms with Crippen molar-refractivity contribution in [2.24, 2.45) is 22.4 Å². The summed E-state index contributed by atoms with van der Waals surface area (Å²) in [5.41, 5.74) is 14.7. The van der Waals surface area contributed by atoms with Gasteiger partial charge in [0.25, 0.3) is 0 Å². The number of amides is 1. The van der Waals surface area contributed by atoms with E-state index in [2.05, 4.69) is 21.4 Å². The van der Waals surface area contributed by atoms with Gasteiger partial charge in [-0.15, -0.1) is 0 Å². The molecule has 0 spiro atoms. The van der Waals surface area contributed by atoms with Gasteiger partial charge in [0.05, 0.1) is 12.0 Å². The van der Waals surface area contributed by atoms with Gasteiger partial charge in [-0.05, 0) is 48.8 Å². The van der Waals surface area contributed by atoms with Gasteiger partial charge in [0.1, 0.15) is 17.6 Å². The molecule has 2 aromatic rings. The number of benzene rings is 1. The number of rotatable bonds is 12. The van der Waals surface area contributed by atoms with Gasteiger partial charge in [0.15, 0.2) is 0 Å². The van der Waals surface area contributed by atoms with Crippen LogP contribution in [-0.2, 0) is 9.59 Å². The molecule has 0 bridgehead atoms. The lowest BCUT2D eigenvalue weighted by Gasteiger charge is -2.23. The number of nitrogens with one attached hydrogen (secondary N) is 1. The van der Waals surface area contributed by atoms with Crippen LogP contribution in [0.2, 0.25) is 0 Å². The number of hydrogen-bond acceptors (Lipinski definition) is 8. The van der Waals surface area contributed by atoms with Crippen LogP contribution in [0, 0.1) is 17.2 Å². The third-order valence-corrected chi connectivity index (χ3v) is 7.05. The Balaban J connectivity index is 1.41. The van der Waals surface area contributed by atoms with Crippen molar-refractivity contribution < 1.29 is 9.59 Å². The van der Waals surface area contributed by atoms with Gasteiger partial charge in [-0.25, -0.2) is 4.98 Å². The van der Waals surface area contributed by atoms with Crippen LogP contribution >= 0.6 is 0 Å². The number of anilines is 2. The van der Waals surface area contributed by atoms with E-state index in [1.807, 2.05) is 36.4 Å². The number of nitriles is 1. The summed E-state index contributed by atoms with van der Waals surface area (Å²) in [6, 6.07) is 13.4. The van der Waals surface area contributed by atoms with E-state index in [0.717, 1.165) is 41.5 Å². The fourth-order valence-corrected chi connectivity index (χ4v) is 4.70. The Hall–Kier alpha value is -4.03. The number of carbonyl (C=O) groups is 2. The van der Waals surface area contributed by atoms with E-state index in [4.69, 9.17) is 16.7 Å². The molecule has 9 nitrogen and oxygen atoms in total. The summed E-state index contributed by atoms with van der Waals surface area (Å²) in [4.78, 5) is 35.5.